The molecule has 3 rings (SSSR count). The highest BCUT2D eigenvalue weighted by Gasteiger charge is 2.20. The van der Waals surface area contributed by atoms with Crippen LogP contribution in [0.2, 0.25) is 5.02 Å². The van der Waals surface area contributed by atoms with Crippen molar-refractivity contribution in [1.82, 2.24) is 9.97 Å². The van der Waals surface area contributed by atoms with E-state index in [4.69, 9.17) is 16.3 Å². The van der Waals surface area contributed by atoms with Crippen LogP contribution >= 0.6 is 11.6 Å². The largest absolute Gasteiger partial charge is 0.505 e. The summed E-state index contributed by atoms with van der Waals surface area (Å²) >= 11 is 5.74. The summed E-state index contributed by atoms with van der Waals surface area (Å²) < 4.78 is 32.5. The Labute approximate surface area is 149 Å². The third kappa shape index (κ3) is 3.98. The number of nitrogens with one attached hydrogen (secondary N) is 1. The standard InChI is InChI=1S/C16H12ClN3O4S/c17-13-4-1-5-14(16(13)21)25(22,23)20-11-6-7-15(19-9-11)24-12-3-2-8-18-10-12/h1-10,20-21H. The minimum atomic E-state index is -4.01. The normalized spacial score (nSPS) is 11.1. The fraction of sp³-hybridized carbons (Fsp3) is 0. The Kier molecular flexibility index (Phi) is 4.73. The van der Waals surface area contributed by atoms with E-state index < -0.39 is 15.8 Å². The lowest BCUT2D eigenvalue weighted by Gasteiger charge is -2.10. The molecule has 2 heterocycles. The summed E-state index contributed by atoms with van der Waals surface area (Å²) in [5, 5.41) is 9.77. The lowest BCUT2D eigenvalue weighted by atomic mass is 10.3. The quantitative estimate of drug-likeness (QED) is 0.706. The Morgan fingerprint density at radius 1 is 1.08 bits per heavy atom. The SMILES string of the molecule is O=S(=O)(Nc1ccc(Oc2cccnc2)nc1)c1cccc(Cl)c1O. The molecule has 0 amide bonds. The van der Waals surface area contributed by atoms with Crippen molar-refractivity contribution in [2.24, 2.45) is 0 Å². The zero-order chi connectivity index (χ0) is 17.9. The highest BCUT2D eigenvalue weighted by molar-refractivity contribution is 7.92. The lowest BCUT2D eigenvalue weighted by molar-refractivity contribution is 0.459. The topological polar surface area (TPSA) is 101 Å². The average molecular weight is 378 g/mol. The molecule has 2 aromatic heterocycles. The van der Waals surface area contributed by atoms with Crippen LogP contribution in [0.15, 0.2) is 66.0 Å². The second-order valence-electron chi connectivity index (χ2n) is 4.87. The van der Waals surface area contributed by atoms with Gasteiger partial charge in [0.15, 0.2) is 5.75 Å². The number of aromatic hydroxyl groups is 1. The number of para-hydroxylation sites is 1. The first kappa shape index (κ1) is 17.0. The van der Waals surface area contributed by atoms with E-state index in [1.54, 1.807) is 18.3 Å². The molecule has 0 spiro atoms. The molecule has 2 N–H and O–H groups in total. The van der Waals surface area contributed by atoms with Crippen LogP contribution in [0, 0.1) is 0 Å². The first-order valence-electron chi connectivity index (χ1n) is 7.00. The molecule has 0 saturated carbocycles. The first-order valence-corrected chi connectivity index (χ1v) is 8.86. The number of anilines is 1. The highest BCUT2D eigenvalue weighted by Crippen LogP contribution is 2.31. The summed E-state index contributed by atoms with van der Waals surface area (Å²) in [7, 11) is -4.01. The molecule has 7 nitrogen and oxygen atoms in total. The maximum absolute atomic E-state index is 12.4. The van der Waals surface area contributed by atoms with E-state index >= 15 is 0 Å². The molecule has 0 radical (unpaired) electrons. The van der Waals surface area contributed by atoms with E-state index in [9.17, 15) is 13.5 Å². The summed E-state index contributed by atoms with van der Waals surface area (Å²) in [5.41, 5.74) is 0.206. The number of nitrogens with zero attached hydrogens (tertiary/aromatic N) is 2. The van der Waals surface area contributed by atoms with Crippen LogP contribution in [-0.2, 0) is 10.0 Å². The van der Waals surface area contributed by atoms with E-state index in [0.717, 1.165) is 0 Å². The van der Waals surface area contributed by atoms with Crippen LogP contribution in [-0.4, -0.2) is 23.5 Å². The molecule has 0 aliphatic heterocycles. The van der Waals surface area contributed by atoms with Crippen molar-refractivity contribution in [3.63, 3.8) is 0 Å². The molecule has 0 atom stereocenters. The Bertz CT molecular complexity index is 980. The van der Waals surface area contributed by atoms with E-state index in [0.29, 0.717) is 5.75 Å². The number of halogens is 1. The number of benzene rings is 1. The Hall–Kier alpha value is -2.84. The number of aromatic nitrogens is 2. The summed E-state index contributed by atoms with van der Waals surface area (Å²) in [5.74, 6) is 0.273. The van der Waals surface area contributed by atoms with Gasteiger partial charge in [0.2, 0.25) is 5.88 Å². The van der Waals surface area contributed by atoms with Gasteiger partial charge in [0.1, 0.15) is 10.6 Å². The van der Waals surface area contributed by atoms with Gasteiger partial charge in [-0.1, -0.05) is 17.7 Å². The smallest absolute Gasteiger partial charge is 0.265 e. The Balaban J connectivity index is 1.78. The van der Waals surface area contributed by atoms with Crippen LogP contribution in [0.5, 0.6) is 17.4 Å². The third-order valence-corrected chi connectivity index (χ3v) is 4.80. The van der Waals surface area contributed by atoms with Gasteiger partial charge in [0.05, 0.1) is 23.1 Å². The maximum atomic E-state index is 12.4. The molecule has 0 bridgehead atoms. The summed E-state index contributed by atoms with van der Waals surface area (Å²) in [6.07, 6.45) is 4.44. The van der Waals surface area contributed by atoms with Gasteiger partial charge in [0, 0.05) is 12.3 Å². The molecule has 9 heteroatoms. The van der Waals surface area contributed by atoms with Crippen LogP contribution in [0.4, 0.5) is 5.69 Å². The van der Waals surface area contributed by atoms with Crippen LogP contribution < -0.4 is 9.46 Å². The van der Waals surface area contributed by atoms with E-state index in [1.807, 2.05) is 0 Å². The van der Waals surface area contributed by atoms with Gasteiger partial charge in [-0.2, -0.15) is 0 Å². The van der Waals surface area contributed by atoms with Gasteiger partial charge in [-0.05, 0) is 30.3 Å². The number of pyridine rings is 2. The number of sulfonamides is 1. The summed E-state index contributed by atoms with van der Waals surface area (Å²) in [4.78, 5) is 7.62. The number of hydrogen-bond donors (Lipinski definition) is 2. The minimum absolute atomic E-state index is 0.0544. The second-order valence-corrected chi connectivity index (χ2v) is 6.93. The Morgan fingerprint density at radius 2 is 1.92 bits per heavy atom. The molecular weight excluding hydrogens is 366 g/mol. The van der Waals surface area contributed by atoms with Crippen LogP contribution in [0.25, 0.3) is 0 Å². The van der Waals surface area contributed by atoms with Gasteiger partial charge in [-0.3, -0.25) is 9.71 Å². The van der Waals surface area contributed by atoms with Gasteiger partial charge in [0.25, 0.3) is 10.0 Å². The number of phenolic OH excluding ortho intramolecular Hbond substituents is 1. The molecule has 128 valence electrons. The molecule has 3 aromatic rings. The summed E-state index contributed by atoms with van der Waals surface area (Å²) in [6, 6.07) is 10.5. The molecule has 0 fully saturated rings. The van der Waals surface area contributed by atoms with Crippen LogP contribution in [0.3, 0.4) is 0 Å². The number of hydrogen-bond acceptors (Lipinski definition) is 6. The van der Waals surface area contributed by atoms with Crippen molar-refractivity contribution in [2.45, 2.75) is 4.90 Å². The lowest BCUT2D eigenvalue weighted by Crippen LogP contribution is -2.13. The number of rotatable bonds is 5. The van der Waals surface area contributed by atoms with Crippen molar-refractivity contribution in [3.05, 3.63) is 66.1 Å². The predicted molar refractivity (Wildman–Crippen MR) is 92.5 cm³/mol. The second kappa shape index (κ2) is 6.96. The minimum Gasteiger partial charge on any atom is -0.505 e. The third-order valence-electron chi connectivity index (χ3n) is 3.08. The molecule has 0 aliphatic rings. The van der Waals surface area contributed by atoms with Gasteiger partial charge < -0.3 is 9.84 Å². The maximum Gasteiger partial charge on any atom is 0.265 e. The van der Waals surface area contributed by atoms with Crippen molar-refractivity contribution >= 4 is 27.3 Å². The Morgan fingerprint density at radius 3 is 2.60 bits per heavy atom. The predicted octanol–water partition coefficient (Wildman–Crippen LogP) is 3.43. The van der Waals surface area contributed by atoms with Crippen molar-refractivity contribution in [1.29, 1.82) is 0 Å². The number of ether oxygens (including phenoxy) is 1. The van der Waals surface area contributed by atoms with E-state index in [1.165, 1.54) is 42.7 Å². The van der Waals surface area contributed by atoms with Crippen LogP contribution in [0.1, 0.15) is 0 Å². The zero-order valence-electron chi connectivity index (χ0n) is 12.6. The zero-order valence-corrected chi connectivity index (χ0v) is 14.2. The molecule has 0 aliphatic carbocycles. The first-order chi connectivity index (χ1) is 12.0. The van der Waals surface area contributed by atoms with E-state index in [2.05, 4.69) is 14.7 Å². The van der Waals surface area contributed by atoms with Gasteiger partial charge in [-0.25, -0.2) is 13.4 Å². The molecule has 1 aromatic carbocycles. The molecule has 0 saturated heterocycles. The molecule has 0 unspecified atom stereocenters. The van der Waals surface area contributed by atoms with Gasteiger partial charge >= 0.3 is 0 Å². The highest BCUT2D eigenvalue weighted by atomic mass is 35.5. The average Bonchev–Trinajstić information content (AvgIpc) is 2.59. The monoisotopic (exact) mass is 377 g/mol. The van der Waals surface area contributed by atoms with Gasteiger partial charge in [-0.15, -0.1) is 0 Å². The van der Waals surface area contributed by atoms with Crippen molar-refractivity contribution in [2.75, 3.05) is 4.72 Å². The fourth-order valence-electron chi connectivity index (χ4n) is 1.95. The number of phenols is 1. The fourth-order valence-corrected chi connectivity index (χ4v) is 3.35. The molecule has 25 heavy (non-hydrogen) atoms. The van der Waals surface area contributed by atoms with E-state index in [-0.39, 0.29) is 21.5 Å². The van der Waals surface area contributed by atoms with Crippen molar-refractivity contribution < 1.29 is 18.3 Å². The summed E-state index contributed by atoms with van der Waals surface area (Å²) in [6.45, 7) is 0. The van der Waals surface area contributed by atoms with Crippen molar-refractivity contribution in [3.8, 4) is 17.4 Å². The molecular formula is C16H12ClN3O4S.